The van der Waals surface area contributed by atoms with E-state index >= 15 is 0 Å². The predicted molar refractivity (Wildman–Crippen MR) is 126 cm³/mol. The van der Waals surface area contributed by atoms with Crippen molar-refractivity contribution in [2.45, 2.75) is 53.9 Å². The fraction of sp³-hybridized carbons (Fsp3) is 0.875. The van der Waals surface area contributed by atoms with Gasteiger partial charge in [-0.2, -0.15) is 0 Å². The van der Waals surface area contributed by atoms with Gasteiger partial charge in [-0.25, -0.2) is 0 Å². The van der Waals surface area contributed by atoms with Crippen molar-refractivity contribution in [1.29, 1.82) is 0 Å². The van der Waals surface area contributed by atoms with Gasteiger partial charge in [0.15, 0.2) is 0 Å². The Balaban J connectivity index is 5.73. The molecular weight excluding hydrogens is 428 g/mol. The minimum atomic E-state index is -1.14. The van der Waals surface area contributed by atoms with Crippen LogP contribution in [0.3, 0.4) is 0 Å². The smallest absolute Gasteiger partial charge is 0.312 e. The molecule has 0 fully saturated rings. The summed E-state index contributed by atoms with van der Waals surface area (Å²) in [7, 11) is 7.58. The van der Waals surface area contributed by atoms with E-state index in [1.807, 2.05) is 28.1 Å². The molecule has 0 aromatic heterocycles. The van der Waals surface area contributed by atoms with E-state index < -0.39 is 28.2 Å². The van der Waals surface area contributed by atoms with Crippen molar-refractivity contribution in [3.8, 4) is 0 Å². The predicted octanol–water partition coefficient (Wildman–Crippen LogP) is 2.16. The highest BCUT2D eigenvalue weighted by Crippen LogP contribution is 2.45. The third-order valence-corrected chi connectivity index (χ3v) is 5.80. The fourth-order valence-electron chi connectivity index (χ4n) is 3.78. The van der Waals surface area contributed by atoms with E-state index in [1.165, 1.54) is 7.11 Å². The molecule has 0 saturated heterocycles. The van der Waals surface area contributed by atoms with Crippen LogP contribution < -0.4 is 5.73 Å². The topological polar surface area (TPSA) is 114 Å². The molecule has 0 bridgehead atoms. The molecule has 0 heterocycles. The van der Waals surface area contributed by atoms with Crippen LogP contribution >= 0.6 is 0 Å². The largest absolute Gasteiger partial charge is 0.464 e. The first-order valence-corrected chi connectivity index (χ1v) is 11.6. The highest BCUT2D eigenvalue weighted by Gasteiger charge is 2.49. The molecule has 33 heavy (non-hydrogen) atoms. The van der Waals surface area contributed by atoms with Crippen molar-refractivity contribution in [2.24, 2.45) is 22.0 Å². The molecule has 0 aromatic carbocycles. The van der Waals surface area contributed by atoms with Crippen LogP contribution in [0.25, 0.3) is 0 Å². The van der Waals surface area contributed by atoms with Gasteiger partial charge in [0.1, 0.15) is 26.4 Å². The van der Waals surface area contributed by atoms with Crippen molar-refractivity contribution in [1.82, 2.24) is 0 Å². The summed E-state index contributed by atoms with van der Waals surface area (Å²) in [5.41, 5.74) is 2.45. The first-order chi connectivity index (χ1) is 15.1. The number of methoxy groups -OCH3 is 1. The molecule has 9 heteroatoms. The number of quaternary nitrogens is 1. The normalized spacial score (nSPS) is 15.8. The third-order valence-electron chi connectivity index (χ3n) is 5.80. The van der Waals surface area contributed by atoms with Gasteiger partial charge in [0.25, 0.3) is 0 Å². The Kier molecular flexibility index (Phi) is 12.6. The van der Waals surface area contributed by atoms with Gasteiger partial charge in [-0.3, -0.25) is 14.4 Å². The van der Waals surface area contributed by atoms with Gasteiger partial charge in [0.05, 0.1) is 44.0 Å². The number of hydrogen-bond acceptors (Lipinski definition) is 8. The van der Waals surface area contributed by atoms with Crippen molar-refractivity contribution in [2.75, 3.05) is 67.8 Å². The SMILES string of the molecule is CCC(C)(CC(C)(CC(C)(C)C(=O)OCCOC)C(=O)OCCN)C(=O)OCC[N+](C)(C)C. The van der Waals surface area contributed by atoms with Crippen molar-refractivity contribution in [3.05, 3.63) is 0 Å². The average molecular weight is 476 g/mol. The van der Waals surface area contributed by atoms with E-state index in [-0.39, 0.29) is 51.8 Å². The lowest BCUT2D eigenvalue weighted by atomic mass is 9.65. The minimum Gasteiger partial charge on any atom is -0.464 e. The fourth-order valence-corrected chi connectivity index (χ4v) is 3.78. The van der Waals surface area contributed by atoms with Gasteiger partial charge in [0, 0.05) is 13.7 Å². The van der Waals surface area contributed by atoms with Gasteiger partial charge in [-0.1, -0.05) is 6.92 Å². The summed E-state index contributed by atoms with van der Waals surface area (Å²) in [4.78, 5) is 38.9. The number of carbonyl (C=O) groups is 3. The first-order valence-electron chi connectivity index (χ1n) is 11.6. The van der Waals surface area contributed by atoms with E-state index in [4.69, 9.17) is 24.7 Å². The van der Waals surface area contributed by atoms with Crippen molar-refractivity contribution in [3.63, 3.8) is 0 Å². The third kappa shape index (κ3) is 10.8. The Morgan fingerprint density at radius 3 is 1.76 bits per heavy atom. The molecule has 9 nitrogen and oxygen atoms in total. The summed E-state index contributed by atoms with van der Waals surface area (Å²) in [6.45, 7) is 10.4. The van der Waals surface area contributed by atoms with Crippen molar-refractivity contribution < 1.29 is 37.8 Å². The van der Waals surface area contributed by atoms with Crippen LogP contribution in [0.15, 0.2) is 0 Å². The summed E-state index contributed by atoms with van der Waals surface area (Å²) in [6.07, 6.45) is 0.767. The standard InChI is InChI=1S/C24H47N2O7/c1-10-23(4,20(28)32-14-12-26(6,7)8)18-24(5,21(29)31-13-11-25)17-22(2,3)19(27)33-16-15-30-9/h10-18,25H2,1-9H3/q+1. The monoisotopic (exact) mass is 475 g/mol. The molecule has 2 N–H and O–H groups in total. The average Bonchev–Trinajstić information content (AvgIpc) is 2.70. The van der Waals surface area contributed by atoms with Crippen LogP contribution in [-0.4, -0.2) is 90.2 Å². The zero-order chi connectivity index (χ0) is 25.9. The van der Waals surface area contributed by atoms with E-state index in [1.54, 1.807) is 27.7 Å². The Bertz CT molecular complexity index is 645. The summed E-state index contributed by atoms with van der Waals surface area (Å²) >= 11 is 0. The molecule has 0 aliphatic rings. The Labute approximate surface area is 199 Å². The molecule has 0 rings (SSSR count). The van der Waals surface area contributed by atoms with Gasteiger partial charge < -0.3 is 29.2 Å². The maximum absolute atomic E-state index is 13.1. The second-order valence-electron chi connectivity index (χ2n) is 10.9. The number of rotatable bonds is 16. The van der Waals surface area contributed by atoms with E-state index in [0.717, 1.165) is 0 Å². The van der Waals surface area contributed by atoms with Crippen LogP contribution in [0.1, 0.15) is 53.9 Å². The molecule has 0 aromatic rings. The number of nitrogens with zero attached hydrogens (tertiary/aromatic N) is 1. The number of carbonyl (C=O) groups excluding carboxylic acids is 3. The van der Waals surface area contributed by atoms with E-state index in [2.05, 4.69) is 0 Å². The highest BCUT2D eigenvalue weighted by atomic mass is 16.6. The molecule has 0 amide bonds. The number of nitrogens with two attached hydrogens (primary N) is 1. The second-order valence-corrected chi connectivity index (χ2v) is 10.9. The van der Waals surface area contributed by atoms with Gasteiger partial charge in [0.2, 0.25) is 0 Å². The summed E-state index contributed by atoms with van der Waals surface area (Å²) < 4.78 is 21.9. The highest BCUT2D eigenvalue weighted by molar-refractivity contribution is 5.82. The molecule has 0 saturated carbocycles. The van der Waals surface area contributed by atoms with Gasteiger partial charge in [-0.15, -0.1) is 0 Å². The summed E-state index contributed by atoms with van der Waals surface area (Å²) in [5.74, 6) is -1.30. The lowest BCUT2D eigenvalue weighted by Gasteiger charge is -2.39. The summed E-state index contributed by atoms with van der Waals surface area (Å²) in [6, 6.07) is 0. The lowest BCUT2D eigenvalue weighted by molar-refractivity contribution is -0.870. The maximum atomic E-state index is 13.1. The number of hydrogen-bond donors (Lipinski definition) is 1. The zero-order valence-corrected chi connectivity index (χ0v) is 22.2. The van der Waals surface area contributed by atoms with E-state index in [9.17, 15) is 14.4 Å². The van der Waals surface area contributed by atoms with Crippen LogP contribution in [-0.2, 0) is 33.3 Å². The molecule has 0 radical (unpaired) electrons. The molecular formula is C24H47N2O7+. The van der Waals surface area contributed by atoms with Crippen LogP contribution in [0, 0.1) is 16.2 Å². The second kappa shape index (κ2) is 13.2. The lowest BCUT2D eigenvalue weighted by Crippen LogP contribution is -2.45. The van der Waals surface area contributed by atoms with Gasteiger partial charge in [-0.05, 0) is 47.0 Å². The van der Waals surface area contributed by atoms with Crippen LogP contribution in [0.2, 0.25) is 0 Å². The molecule has 194 valence electrons. The quantitative estimate of drug-likeness (QED) is 0.156. The summed E-state index contributed by atoms with van der Waals surface area (Å²) in [5, 5.41) is 0. The first kappa shape index (κ1) is 31.3. The molecule has 0 aliphatic heterocycles. The Morgan fingerprint density at radius 2 is 1.27 bits per heavy atom. The Morgan fingerprint density at radius 1 is 0.758 bits per heavy atom. The molecule has 2 atom stereocenters. The van der Waals surface area contributed by atoms with Crippen molar-refractivity contribution >= 4 is 17.9 Å². The van der Waals surface area contributed by atoms with Crippen LogP contribution in [0.5, 0.6) is 0 Å². The number of esters is 3. The number of ether oxygens (including phenoxy) is 4. The van der Waals surface area contributed by atoms with E-state index in [0.29, 0.717) is 17.4 Å². The molecule has 2 unspecified atom stereocenters. The minimum absolute atomic E-state index is 0.0594. The van der Waals surface area contributed by atoms with Gasteiger partial charge >= 0.3 is 17.9 Å². The zero-order valence-electron chi connectivity index (χ0n) is 22.2. The van der Waals surface area contributed by atoms with Crippen LogP contribution in [0.4, 0.5) is 0 Å². The number of likely N-dealkylation sites (N-methyl/N-ethyl adjacent to an activating group) is 1. The molecule has 0 aliphatic carbocycles. The molecule has 0 spiro atoms. The maximum Gasteiger partial charge on any atom is 0.312 e. The Hall–Kier alpha value is -1.71.